The van der Waals surface area contributed by atoms with Crippen molar-refractivity contribution in [2.45, 2.75) is 25.8 Å². The van der Waals surface area contributed by atoms with Crippen LogP contribution < -0.4 is 5.73 Å². The van der Waals surface area contributed by atoms with Crippen molar-refractivity contribution in [2.24, 2.45) is 11.7 Å². The van der Waals surface area contributed by atoms with E-state index in [-0.39, 0.29) is 0 Å². The summed E-state index contributed by atoms with van der Waals surface area (Å²) in [5.74, 6) is 0.795. The maximum atomic E-state index is 5.71. The van der Waals surface area contributed by atoms with Crippen molar-refractivity contribution in [1.82, 2.24) is 4.90 Å². The number of rotatable bonds is 4. The molecule has 106 valence electrons. The van der Waals surface area contributed by atoms with Crippen LogP contribution in [0.5, 0.6) is 0 Å². The molecule has 2 nitrogen and oxygen atoms in total. The molecule has 0 spiro atoms. The number of nitrogens with two attached hydrogens (primary N) is 1. The zero-order valence-electron chi connectivity index (χ0n) is 12.1. The minimum absolute atomic E-state index is 0.795. The van der Waals surface area contributed by atoms with Crippen LogP contribution in [0.4, 0.5) is 0 Å². The molecule has 0 aromatic heterocycles. The molecule has 0 amide bonds. The van der Waals surface area contributed by atoms with Gasteiger partial charge in [-0.3, -0.25) is 4.90 Å². The molecule has 0 radical (unpaired) electrons. The molecule has 2 heteroatoms. The smallest absolute Gasteiger partial charge is 0.0240 e. The SMILES string of the molecule is NCCC1CCCN(Cc2cccc3ccccc23)C1. The number of piperidine rings is 1. The van der Waals surface area contributed by atoms with Crippen molar-refractivity contribution in [3.05, 3.63) is 48.0 Å². The molecule has 0 aliphatic carbocycles. The Morgan fingerprint density at radius 3 is 2.85 bits per heavy atom. The highest BCUT2D eigenvalue weighted by Gasteiger charge is 2.19. The van der Waals surface area contributed by atoms with Gasteiger partial charge in [0, 0.05) is 13.1 Å². The lowest BCUT2D eigenvalue weighted by molar-refractivity contribution is 0.163. The molecule has 1 aliphatic heterocycles. The molecule has 3 rings (SSSR count). The number of fused-ring (bicyclic) bond motifs is 1. The van der Waals surface area contributed by atoms with E-state index in [2.05, 4.69) is 47.4 Å². The van der Waals surface area contributed by atoms with Crippen LogP contribution in [-0.4, -0.2) is 24.5 Å². The Labute approximate surface area is 121 Å². The summed E-state index contributed by atoms with van der Waals surface area (Å²) in [4.78, 5) is 2.60. The van der Waals surface area contributed by atoms with Gasteiger partial charge in [0.15, 0.2) is 0 Å². The fourth-order valence-electron chi connectivity index (χ4n) is 3.44. The van der Waals surface area contributed by atoms with E-state index in [0.717, 1.165) is 19.0 Å². The first kappa shape index (κ1) is 13.6. The van der Waals surface area contributed by atoms with Crippen LogP contribution in [0.1, 0.15) is 24.8 Å². The Balaban J connectivity index is 1.76. The zero-order valence-corrected chi connectivity index (χ0v) is 12.1. The second-order valence-corrected chi connectivity index (χ2v) is 5.96. The summed E-state index contributed by atoms with van der Waals surface area (Å²) in [6.07, 6.45) is 3.84. The van der Waals surface area contributed by atoms with Crippen molar-refractivity contribution in [1.29, 1.82) is 0 Å². The van der Waals surface area contributed by atoms with Crippen LogP contribution >= 0.6 is 0 Å². The minimum atomic E-state index is 0.795. The van der Waals surface area contributed by atoms with Gasteiger partial charge in [0.2, 0.25) is 0 Å². The van der Waals surface area contributed by atoms with Gasteiger partial charge in [-0.25, -0.2) is 0 Å². The van der Waals surface area contributed by atoms with Gasteiger partial charge in [-0.05, 0) is 54.6 Å². The Bertz CT molecular complexity index is 557. The summed E-state index contributed by atoms with van der Waals surface area (Å²) >= 11 is 0. The molecule has 2 aromatic carbocycles. The zero-order chi connectivity index (χ0) is 13.8. The van der Waals surface area contributed by atoms with Gasteiger partial charge >= 0.3 is 0 Å². The summed E-state index contributed by atoms with van der Waals surface area (Å²) in [6, 6.07) is 15.3. The van der Waals surface area contributed by atoms with Crippen LogP contribution in [0.2, 0.25) is 0 Å². The molecule has 20 heavy (non-hydrogen) atoms. The van der Waals surface area contributed by atoms with E-state index in [0.29, 0.717) is 0 Å². The van der Waals surface area contributed by atoms with E-state index in [1.54, 1.807) is 0 Å². The highest BCUT2D eigenvalue weighted by atomic mass is 15.1. The maximum absolute atomic E-state index is 5.71. The van der Waals surface area contributed by atoms with E-state index in [4.69, 9.17) is 5.73 Å². The summed E-state index contributed by atoms with van der Waals surface area (Å²) in [6.45, 7) is 4.33. The van der Waals surface area contributed by atoms with Crippen molar-refractivity contribution < 1.29 is 0 Å². The topological polar surface area (TPSA) is 29.3 Å². The number of benzene rings is 2. The third-order valence-corrected chi connectivity index (χ3v) is 4.45. The lowest BCUT2D eigenvalue weighted by Gasteiger charge is -2.32. The van der Waals surface area contributed by atoms with Crippen molar-refractivity contribution >= 4 is 10.8 Å². The minimum Gasteiger partial charge on any atom is -0.330 e. The molecule has 0 bridgehead atoms. The third kappa shape index (κ3) is 3.02. The molecule has 2 aromatic rings. The number of hydrogen-bond acceptors (Lipinski definition) is 2. The summed E-state index contributed by atoms with van der Waals surface area (Å²) in [7, 11) is 0. The Kier molecular flexibility index (Phi) is 4.34. The van der Waals surface area contributed by atoms with Gasteiger partial charge in [-0.2, -0.15) is 0 Å². The Hall–Kier alpha value is -1.38. The fraction of sp³-hybridized carbons (Fsp3) is 0.444. The highest BCUT2D eigenvalue weighted by molar-refractivity contribution is 5.85. The normalized spacial score (nSPS) is 20.4. The van der Waals surface area contributed by atoms with E-state index >= 15 is 0 Å². The summed E-state index contributed by atoms with van der Waals surface area (Å²) in [5.41, 5.74) is 7.17. The molecule has 1 atom stereocenters. The summed E-state index contributed by atoms with van der Waals surface area (Å²) in [5, 5.41) is 2.75. The second-order valence-electron chi connectivity index (χ2n) is 5.96. The van der Waals surface area contributed by atoms with E-state index < -0.39 is 0 Å². The number of nitrogens with zero attached hydrogens (tertiary/aromatic N) is 1. The standard InChI is InChI=1S/C18H24N2/c19-11-10-15-5-4-12-20(13-15)14-17-8-3-7-16-6-1-2-9-18(16)17/h1-3,6-9,15H,4-5,10-14,19H2. The summed E-state index contributed by atoms with van der Waals surface area (Å²) < 4.78 is 0. The first-order valence-corrected chi connectivity index (χ1v) is 7.76. The van der Waals surface area contributed by atoms with Gasteiger partial charge in [0.05, 0.1) is 0 Å². The Morgan fingerprint density at radius 2 is 1.95 bits per heavy atom. The lowest BCUT2D eigenvalue weighted by Crippen LogP contribution is -2.35. The van der Waals surface area contributed by atoms with Crippen LogP contribution in [0.25, 0.3) is 10.8 Å². The first-order valence-electron chi connectivity index (χ1n) is 7.76. The molecular weight excluding hydrogens is 244 g/mol. The number of hydrogen-bond donors (Lipinski definition) is 1. The molecular formula is C18H24N2. The molecule has 1 aliphatic rings. The predicted molar refractivity (Wildman–Crippen MR) is 85.6 cm³/mol. The molecule has 2 N–H and O–H groups in total. The van der Waals surface area contributed by atoms with Gasteiger partial charge in [-0.15, -0.1) is 0 Å². The van der Waals surface area contributed by atoms with E-state index in [1.165, 1.54) is 48.7 Å². The van der Waals surface area contributed by atoms with Gasteiger partial charge in [0.1, 0.15) is 0 Å². The largest absolute Gasteiger partial charge is 0.330 e. The molecule has 1 heterocycles. The average Bonchev–Trinajstić information content (AvgIpc) is 2.48. The molecule has 0 saturated carbocycles. The third-order valence-electron chi connectivity index (χ3n) is 4.45. The quantitative estimate of drug-likeness (QED) is 0.921. The van der Waals surface area contributed by atoms with Crippen LogP contribution in [-0.2, 0) is 6.54 Å². The van der Waals surface area contributed by atoms with E-state index in [1.807, 2.05) is 0 Å². The predicted octanol–water partition coefficient (Wildman–Crippen LogP) is 3.40. The second kappa shape index (κ2) is 6.38. The van der Waals surface area contributed by atoms with E-state index in [9.17, 15) is 0 Å². The van der Waals surface area contributed by atoms with Crippen molar-refractivity contribution in [3.63, 3.8) is 0 Å². The van der Waals surface area contributed by atoms with Crippen LogP contribution in [0.3, 0.4) is 0 Å². The monoisotopic (exact) mass is 268 g/mol. The molecule has 1 saturated heterocycles. The maximum Gasteiger partial charge on any atom is 0.0240 e. The fourth-order valence-corrected chi connectivity index (χ4v) is 3.44. The average molecular weight is 268 g/mol. The van der Waals surface area contributed by atoms with Crippen molar-refractivity contribution in [3.8, 4) is 0 Å². The Morgan fingerprint density at radius 1 is 1.10 bits per heavy atom. The van der Waals surface area contributed by atoms with Gasteiger partial charge in [0.25, 0.3) is 0 Å². The first-order chi connectivity index (χ1) is 9.86. The lowest BCUT2D eigenvalue weighted by atomic mass is 9.94. The van der Waals surface area contributed by atoms with Crippen molar-refractivity contribution in [2.75, 3.05) is 19.6 Å². The van der Waals surface area contributed by atoms with Crippen LogP contribution in [0, 0.1) is 5.92 Å². The van der Waals surface area contributed by atoms with Gasteiger partial charge in [-0.1, -0.05) is 42.5 Å². The molecule has 1 fully saturated rings. The van der Waals surface area contributed by atoms with Crippen LogP contribution in [0.15, 0.2) is 42.5 Å². The highest BCUT2D eigenvalue weighted by Crippen LogP contribution is 2.24. The van der Waals surface area contributed by atoms with Gasteiger partial charge < -0.3 is 5.73 Å². The molecule has 1 unspecified atom stereocenters. The number of likely N-dealkylation sites (tertiary alicyclic amines) is 1.